The van der Waals surface area contributed by atoms with Crippen molar-refractivity contribution in [2.75, 3.05) is 0 Å². The third kappa shape index (κ3) is 3.06. The number of ether oxygens (including phenoxy) is 1. The third-order valence-electron chi connectivity index (χ3n) is 4.82. The summed E-state index contributed by atoms with van der Waals surface area (Å²) in [6, 6.07) is 0. The minimum atomic E-state index is -0.124. The van der Waals surface area contributed by atoms with Crippen molar-refractivity contribution in [3.05, 3.63) is 28.6 Å². The van der Waals surface area contributed by atoms with E-state index in [2.05, 4.69) is 25.6 Å². The fraction of sp³-hybridized carbons (Fsp3) is 0.647. The molecule has 134 valence electrons. The van der Waals surface area contributed by atoms with Crippen LogP contribution in [0.5, 0.6) is 0 Å². The largest absolute Gasteiger partial charge is 0.369 e. The number of aromatic amines is 1. The Morgan fingerprint density at radius 1 is 1.40 bits per heavy atom. The molecular formula is C17H24N6O2. The van der Waals surface area contributed by atoms with Gasteiger partial charge in [0.1, 0.15) is 11.5 Å². The van der Waals surface area contributed by atoms with Crippen LogP contribution in [0.3, 0.4) is 0 Å². The summed E-state index contributed by atoms with van der Waals surface area (Å²) in [7, 11) is 0. The average Bonchev–Trinajstić information content (AvgIpc) is 3.20. The molecule has 0 unspecified atom stereocenters. The van der Waals surface area contributed by atoms with E-state index in [0.29, 0.717) is 36.9 Å². The summed E-state index contributed by atoms with van der Waals surface area (Å²) in [6.45, 7) is 6.98. The molecule has 0 aromatic carbocycles. The Morgan fingerprint density at radius 3 is 2.92 bits per heavy atom. The summed E-state index contributed by atoms with van der Waals surface area (Å²) in [5.74, 6) is 1.93. The molecule has 25 heavy (non-hydrogen) atoms. The van der Waals surface area contributed by atoms with Crippen molar-refractivity contribution in [3.8, 4) is 0 Å². The second kappa shape index (κ2) is 6.25. The maximum atomic E-state index is 12.8. The van der Waals surface area contributed by atoms with Gasteiger partial charge >= 0.3 is 0 Å². The first-order valence-electron chi connectivity index (χ1n) is 9.01. The zero-order chi connectivity index (χ0) is 17.6. The molecule has 4 rings (SSSR count). The lowest BCUT2D eigenvalue weighted by atomic mass is 9.99. The molecule has 0 bridgehead atoms. The van der Waals surface area contributed by atoms with Crippen LogP contribution in [0.15, 0.2) is 0 Å². The van der Waals surface area contributed by atoms with E-state index in [1.807, 2.05) is 20.8 Å². The predicted molar refractivity (Wildman–Crippen MR) is 90.1 cm³/mol. The number of aromatic nitrogens is 5. The number of hydrogen-bond acceptors (Lipinski definition) is 5. The number of hydrogen-bond donors (Lipinski definition) is 2. The lowest BCUT2D eigenvalue weighted by Gasteiger charge is -2.24. The van der Waals surface area contributed by atoms with Crippen molar-refractivity contribution in [1.29, 1.82) is 0 Å². The standard InChI is InChI=1S/C17H24N6O2/c1-4-23-15(12-7-9(2)25-10(3)14(12)22-23)17(24)18-8-13-19-16(21-20-13)11-5-6-11/h9-11H,4-8H2,1-3H3,(H,18,24)(H,19,20,21)/t9-,10+/m0/s1. The highest BCUT2D eigenvalue weighted by Crippen LogP contribution is 2.37. The SMILES string of the molecule is CCn1nc2c(c1C(=O)NCc1nc(C3CC3)n[nH]1)C[C@H](C)O[C@@H]2C. The number of fused-ring (bicyclic) bond motifs is 1. The van der Waals surface area contributed by atoms with E-state index in [1.165, 1.54) is 0 Å². The Kier molecular flexibility index (Phi) is 4.07. The topological polar surface area (TPSA) is 97.7 Å². The molecule has 0 saturated heterocycles. The molecule has 8 nitrogen and oxygen atoms in total. The summed E-state index contributed by atoms with van der Waals surface area (Å²) in [4.78, 5) is 17.3. The molecular weight excluding hydrogens is 320 g/mol. The molecule has 3 heterocycles. The summed E-state index contributed by atoms with van der Waals surface area (Å²) in [5.41, 5.74) is 2.52. The summed E-state index contributed by atoms with van der Waals surface area (Å²) < 4.78 is 7.61. The predicted octanol–water partition coefficient (Wildman–Crippen LogP) is 1.85. The molecule has 2 N–H and O–H groups in total. The van der Waals surface area contributed by atoms with Gasteiger partial charge in [-0.05, 0) is 33.6 Å². The highest BCUT2D eigenvalue weighted by Gasteiger charge is 2.32. The zero-order valence-corrected chi connectivity index (χ0v) is 14.9. The highest BCUT2D eigenvalue weighted by molar-refractivity contribution is 5.94. The Bertz CT molecular complexity index is 791. The smallest absolute Gasteiger partial charge is 0.270 e. The van der Waals surface area contributed by atoms with Crippen molar-refractivity contribution in [1.82, 2.24) is 30.3 Å². The van der Waals surface area contributed by atoms with Gasteiger partial charge in [0.15, 0.2) is 5.82 Å². The van der Waals surface area contributed by atoms with Crippen molar-refractivity contribution in [2.45, 2.75) is 71.2 Å². The van der Waals surface area contributed by atoms with Gasteiger partial charge in [0, 0.05) is 24.4 Å². The second-order valence-electron chi connectivity index (χ2n) is 6.92. The first-order valence-corrected chi connectivity index (χ1v) is 9.01. The van der Waals surface area contributed by atoms with E-state index in [9.17, 15) is 4.79 Å². The van der Waals surface area contributed by atoms with E-state index in [4.69, 9.17) is 4.74 Å². The van der Waals surface area contributed by atoms with Gasteiger partial charge in [-0.15, -0.1) is 0 Å². The van der Waals surface area contributed by atoms with Crippen LogP contribution in [0.2, 0.25) is 0 Å². The van der Waals surface area contributed by atoms with Crippen LogP contribution in [0.4, 0.5) is 0 Å². The van der Waals surface area contributed by atoms with Gasteiger partial charge in [-0.1, -0.05) is 0 Å². The number of carbonyl (C=O) groups is 1. The van der Waals surface area contributed by atoms with Gasteiger partial charge < -0.3 is 10.1 Å². The molecule has 1 fully saturated rings. The number of nitrogens with one attached hydrogen (secondary N) is 2. The first-order chi connectivity index (χ1) is 12.1. The third-order valence-corrected chi connectivity index (χ3v) is 4.82. The van der Waals surface area contributed by atoms with Gasteiger partial charge in [0.2, 0.25) is 0 Å². The van der Waals surface area contributed by atoms with Gasteiger partial charge in [0.05, 0.1) is 24.4 Å². The van der Waals surface area contributed by atoms with E-state index in [0.717, 1.165) is 29.9 Å². The van der Waals surface area contributed by atoms with E-state index < -0.39 is 0 Å². The van der Waals surface area contributed by atoms with Crippen LogP contribution in [-0.2, 0) is 24.2 Å². The maximum Gasteiger partial charge on any atom is 0.270 e. The van der Waals surface area contributed by atoms with Gasteiger partial charge in [0.25, 0.3) is 5.91 Å². The number of carbonyl (C=O) groups excluding carboxylic acids is 1. The number of H-pyrrole nitrogens is 1. The highest BCUT2D eigenvalue weighted by atomic mass is 16.5. The van der Waals surface area contributed by atoms with E-state index >= 15 is 0 Å². The Balaban J connectivity index is 1.52. The molecule has 1 amide bonds. The fourth-order valence-corrected chi connectivity index (χ4v) is 3.44. The maximum absolute atomic E-state index is 12.8. The fourth-order valence-electron chi connectivity index (χ4n) is 3.44. The second-order valence-corrected chi connectivity index (χ2v) is 6.92. The van der Waals surface area contributed by atoms with Crippen LogP contribution in [0.1, 0.15) is 79.0 Å². The molecule has 1 aliphatic carbocycles. The van der Waals surface area contributed by atoms with Crippen LogP contribution in [0, 0.1) is 0 Å². The monoisotopic (exact) mass is 344 g/mol. The minimum absolute atomic E-state index is 0.0823. The number of rotatable bonds is 5. The lowest BCUT2D eigenvalue weighted by molar-refractivity contribution is -0.00712. The Hall–Kier alpha value is -2.22. The lowest BCUT2D eigenvalue weighted by Crippen LogP contribution is -2.29. The molecule has 1 saturated carbocycles. The van der Waals surface area contributed by atoms with Crippen LogP contribution in [-0.4, -0.2) is 37.0 Å². The number of nitrogens with zero attached hydrogens (tertiary/aromatic N) is 4. The quantitative estimate of drug-likeness (QED) is 0.863. The summed E-state index contributed by atoms with van der Waals surface area (Å²) >= 11 is 0. The number of aryl methyl sites for hydroxylation is 1. The number of amides is 1. The molecule has 2 aromatic rings. The van der Waals surface area contributed by atoms with Gasteiger partial charge in [-0.25, -0.2) is 4.98 Å². The molecule has 2 atom stereocenters. The Labute approximate surface area is 146 Å². The van der Waals surface area contributed by atoms with Crippen LogP contribution >= 0.6 is 0 Å². The molecule has 8 heteroatoms. The molecule has 1 aliphatic heterocycles. The first kappa shape index (κ1) is 16.3. The van der Waals surface area contributed by atoms with Crippen molar-refractivity contribution >= 4 is 5.91 Å². The van der Waals surface area contributed by atoms with E-state index in [-0.39, 0.29) is 18.1 Å². The summed E-state index contributed by atoms with van der Waals surface area (Å²) in [6.07, 6.45) is 3.01. The van der Waals surface area contributed by atoms with Gasteiger partial charge in [-0.3, -0.25) is 14.6 Å². The van der Waals surface area contributed by atoms with E-state index in [1.54, 1.807) is 4.68 Å². The molecule has 2 aliphatic rings. The molecule has 0 spiro atoms. The van der Waals surface area contributed by atoms with Crippen LogP contribution in [0.25, 0.3) is 0 Å². The molecule has 0 radical (unpaired) electrons. The van der Waals surface area contributed by atoms with Crippen molar-refractivity contribution in [2.24, 2.45) is 0 Å². The zero-order valence-electron chi connectivity index (χ0n) is 14.9. The minimum Gasteiger partial charge on any atom is -0.369 e. The average molecular weight is 344 g/mol. The van der Waals surface area contributed by atoms with Gasteiger partial charge in [-0.2, -0.15) is 10.2 Å². The van der Waals surface area contributed by atoms with Crippen molar-refractivity contribution in [3.63, 3.8) is 0 Å². The Morgan fingerprint density at radius 2 is 2.20 bits per heavy atom. The molecule has 2 aromatic heterocycles. The normalized spacial score (nSPS) is 22.7. The van der Waals surface area contributed by atoms with Crippen molar-refractivity contribution < 1.29 is 9.53 Å². The van der Waals surface area contributed by atoms with Crippen LogP contribution < -0.4 is 5.32 Å². The summed E-state index contributed by atoms with van der Waals surface area (Å²) in [5, 5.41) is 14.7.